The van der Waals surface area contributed by atoms with Gasteiger partial charge in [0.2, 0.25) is 5.89 Å². The van der Waals surface area contributed by atoms with Crippen LogP contribution in [0.1, 0.15) is 64.1 Å². The lowest BCUT2D eigenvalue weighted by Gasteiger charge is -2.24. The highest BCUT2D eigenvalue weighted by molar-refractivity contribution is 5.17. The van der Waals surface area contributed by atoms with Crippen LogP contribution in [0.3, 0.4) is 0 Å². The van der Waals surface area contributed by atoms with Crippen LogP contribution in [-0.2, 0) is 11.0 Å². The van der Waals surface area contributed by atoms with Gasteiger partial charge >= 0.3 is 0 Å². The summed E-state index contributed by atoms with van der Waals surface area (Å²) in [6.07, 6.45) is 6.95. The van der Waals surface area contributed by atoms with Gasteiger partial charge in [-0.15, -0.1) is 0 Å². The van der Waals surface area contributed by atoms with Crippen LogP contribution in [0.25, 0.3) is 0 Å². The highest BCUT2D eigenvalue weighted by Crippen LogP contribution is 2.46. The lowest BCUT2D eigenvalue weighted by Crippen LogP contribution is -2.37. The van der Waals surface area contributed by atoms with Crippen molar-refractivity contribution in [3.8, 4) is 0 Å². The number of hydrogen-bond acceptors (Lipinski definition) is 4. The van der Waals surface area contributed by atoms with Crippen molar-refractivity contribution in [1.29, 1.82) is 0 Å². The van der Waals surface area contributed by atoms with Gasteiger partial charge in [-0.05, 0) is 38.6 Å². The lowest BCUT2D eigenvalue weighted by atomic mass is 9.92. The van der Waals surface area contributed by atoms with Crippen LogP contribution in [0.5, 0.6) is 0 Å². The fraction of sp³-hybridized carbons (Fsp3) is 0.846. The normalized spacial score (nSPS) is 30.7. The van der Waals surface area contributed by atoms with E-state index in [9.17, 15) is 0 Å². The van der Waals surface area contributed by atoms with Crippen LogP contribution >= 0.6 is 0 Å². The molecule has 4 nitrogen and oxygen atoms in total. The van der Waals surface area contributed by atoms with Crippen molar-refractivity contribution in [1.82, 2.24) is 15.5 Å². The van der Waals surface area contributed by atoms with E-state index in [-0.39, 0.29) is 11.0 Å². The van der Waals surface area contributed by atoms with Gasteiger partial charge in [0.25, 0.3) is 0 Å². The predicted molar refractivity (Wildman–Crippen MR) is 64.7 cm³/mol. The Kier molecular flexibility index (Phi) is 2.51. The molecule has 0 bridgehead atoms. The van der Waals surface area contributed by atoms with Crippen LogP contribution in [0.15, 0.2) is 4.52 Å². The van der Waals surface area contributed by atoms with Crippen molar-refractivity contribution in [3.05, 3.63) is 11.7 Å². The fourth-order valence-corrected chi connectivity index (χ4v) is 2.81. The first-order valence-electron chi connectivity index (χ1n) is 6.78. The Morgan fingerprint density at radius 1 is 1.35 bits per heavy atom. The Balaban J connectivity index is 1.88. The van der Waals surface area contributed by atoms with Crippen LogP contribution in [0.2, 0.25) is 0 Å². The third-order valence-corrected chi connectivity index (χ3v) is 4.30. The molecule has 1 atom stereocenters. The Morgan fingerprint density at radius 2 is 2.18 bits per heavy atom. The monoisotopic (exact) mass is 235 g/mol. The number of aromatic nitrogens is 2. The third kappa shape index (κ3) is 1.79. The van der Waals surface area contributed by atoms with Gasteiger partial charge in [-0.2, -0.15) is 4.98 Å². The second-order valence-electron chi connectivity index (χ2n) is 5.85. The molecule has 2 aliphatic rings. The molecule has 1 aliphatic heterocycles. The minimum Gasteiger partial charge on any atom is -0.337 e. The Labute approximate surface area is 102 Å². The number of nitrogens with one attached hydrogen (secondary N) is 1. The second-order valence-corrected chi connectivity index (χ2v) is 5.85. The lowest BCUT2D eigenvalue weighted by molar-refractivity contribution is 0.240. The third-order valence-electron chi connectivity index (χ3n) is 4.30. The minimum absolute atomic E-state index is 0.0365. The van der Waals surface area contributed by atoms with E-state index in [4.69, 9.17) is 4.52 Å². The molecular formula is C13H21N3O. The van der Waals surface area contributed by atoms with Crippen molar-refractivity contribution >= 4 is 0 Å². The molecule has 1 N–H and O–H groups in total. The highest BCUT2D eigenvalue weighted by Gasteiger charge is 2.46. The smallest absolute Gasteiger partial charge is 0.246 e. The van der Waals surface area contributed by atoms with Gasteiger partial charge in [-0.25, -0.2) is 0 Å². The summed E-state index contributed by atoms with van der Waals surface area (Å²) in [6, 6.07) is 0. The Morgan fingerprint density at radius 3 is 2.76 bits per heavy atom. The summed E-state index contributed by atoms with van der Waals surface area (Å²) < 4.78 is 5.55. The van der Waals surface area contributed by atoms with Crippen molar-refractivity contribution in [3.63, 3.8) is 0 Å². The SMILES string of the molecule is CCCC1(c2nc(C3(C)CC3)no2)CCCN1. The molecule has 94 valence electrons. The average Bonchev–Trinajstić information content (AvgIpc) is 2.79. The molecule has 1 aromatic rings. The zero-order valence-corrected chi connectivity index (χ0v) is 10.8. The Bertz CT molecular complexity index is 403. The van der Waals surface area contributed by atoms with E-state index >= 15 is 0 Å². The van der Waals surface area contributed by atoms with Crippen LogP contribution in [-0.4, -0.2) is 16.7 Å². The second kappa shape index (κ2) is 3.80. The van der Waals surface area contributed by atoms with E-state index < -0.39 is 0 Å². The molecule has 1 aliphatic carbocycles. The van der Waals surface area contributed by atoms with E-state index in [2.05, 4.69) is 29.3 Å². The average molecular weight is 235 g/mol. The maximum Gasteiger partial charge on any atom is 0.246 e. The molecule has 1 saturated heterocycles. The molecule has 3 rings (SSSR count). The molecule has 0 radical (unpaired) electrons. The van der Waals surface area contributed by atoms with Crippen molar-refractivity contribution in [2.75, 3.05) is 6.54 Å². The van der Waals surface area contributed by atoms with E-state index in [1.807, 2.05) is 0 Å². The van der Waals surface area contributed by atoms with E-state index in [1.165, 1.54) is 19.3 Å². The molecule has 0 aromatic carbocycles. The number of nitrogens with zero attached hydrogens (tertiary/aromatic N) is 2. The summed E-state index contributed by atoms with van der Waals surface area (Å²) >= 11 is 0. The summed E-state index contributed by atoms with van der Waals surface area (Å²) in [6.45, 7) is 5.49. The number of rotatable bonds is 4. The van der Waals surface area contributed by atoms with Crippen molar-refractivity contribution in [2.24, 2.45) is 0 Å². The Hall–Kier alpha value is -0.900. The van der Waals surface area contributed by atoms with Gasteiger partial charge in [0.1, 0.15) is 0 Å². The standard InChI is InChI=1S/C13H21N3O/c1-3-5-13(6-4-9-14-13)11-15-10(16-17-11)12(2)7-8-12/h14H,3-9H2,1-2H3. The topological polar surface area (TPSA) is 51.0 Å². The fourth-order valence-electron chi connectivity index (χ4n) is 2.81. The van der Waals surface area contributed by atoms with Crippen molar-refractivity contribution < 1.29 is 4.52 Å². The molecule has 1 saturated carbocycles. The largest absolute Gasteiger partial charge is 0.337 e. The zero-order valence-electron chi connectivity index (χ0n) is 10.8. The van der Waals surface area contributed by atoms with Crippen LogP contribution in [0, 0.1) is 0 Å². The molecule has 17 heavy (non-hydrogen) atoms. The first-order chi connectivity index (χ1) is 8.19. The van der Waals surface area contributed by atoms with E-state index in [0.717, 1.165) is 37.5 Å². The van der Waals surface area contributed by atoms with Gasteiger partial charge < -0.3 is 9.84 Å². The van der Waals surface area contributed by atoms with Gasteiger partial charge in [0.15, 0.2) is 5.82 Å². The van der Waals surface area contributed by atoms with Gasteiger partial charge in [0, 0.05) is 5.41 Å². The zero-order chi connectivity index (χ0) is 11.9. The molecular weight excluding hydrogens is 214 g/mol. The van der Waals surface area contributed by atoms with Gasteiger partial charge in [-0.3, -0.25) is 0 Å². The first kappa shape index (κ1) is 11.2. The molecule has 0 spiro atoms. The van der Waals surface area contributed by atoms with E-state index in [1.54, 1.807) is 0 Å². The first-order valence-corrected chi connectivity index (χ1v) is 6.78. The van der Waals surface area contributed by atoms with Gasteiger partial charge in [0.05, 0.1) is 5.54 Å². The van der Waals surface area contributed by atoms with E-state index in [0.29, 0.717) is 0 Å². The highest BCUT2D eigenvalue weighted by atomic mass is 16.5. The molecule has 1 unspecified atom stereocenters. The molecule has 1 aromatic heterocycles. The van der Waals surface area contributed by atoms with Gasteiger partial charge in [-0.1, -0.05) is 25.4 Å². The van der Waals surface area contributed by atoms with Crippen LogP contribution < -0.4 is 5.32 Å². The summed E-state index contributed by atoms with van der Waals surface area (Å²) in [4.78, 5) is 4.68. The molecule has 2 fully saturated rings. The summed E-state index contributed by atoms with van der Waals surface area (Å²) in [7, 11) is 0. The minimum atomic E-state index is -0.0365. The maximum atomic E-state index is 5.55. The maximum absolute atomic E-state index is 5.55. The summed E-state index contributed by atoms with van der Waals surface area (Å²) in [5.41, 5.74) is 0.166. The predicted octanol–water partition coefficient (Wildman–Crippen LogP) is 2.50. The number of hydrogen-bond donors (Lipinski definition) is 1. The van der Waals surface area contributed by atoms with Crippen LogP contribution in [0.4, 0.5) is 0 Å². The molecule has 0 amide bonds. The quantitative estimate of drug-likeness (QED) is 0.871. The molecule has 2 heterocycles. The molecule has 4 heteroatoms. The summed E-state index contributed by atoms with van der Waals surface area (Å²) in [5.74, 6) is 1.73. The van der Waals surface area contributed by atoms with Crippen molar-refractivity contribution in [2.45, 2.75) is 63.3 Å². The summed E-state index contributed by atoms with van der Waals surface area (Å²) in [5, 5.41) is 7.77.